The van der Waals surface area contributed by atoms with Crippen LogP contribution in [-0.2, 0) is 9.59 Å². The van der Waals surface area contributed by atoms with Gasteiger partial charge in [-0.1, -0.05) is 31.9 Å². The molecule has 0 aliphatic heterocycles. The van der Waals surface area contributed by atoms with E-state index in [-0.39, 0.29) is 12.3 Å². The molecule has 1 saturated carbocycles. The zero-order chi connectivity index (χ0) is 12.9. The number of aliphatic carboxylic acids is 1. The van der Waals surface area contributed by atoms with E-state index in [2.05, 4.69) is 6.92 Å². The van der Waals surface area contributed by atoms with Crippen LogP contribution in [0.5, 0.6) is 0 Å². The van der Waals surface area contributed by atoms with Crippen LogP contribution in [0.2, 0.25) is 0 Å². The van der Waals surface area contributed by atoms with E-state index in [0.717, 1.165) is 19.3 Å². The summed E-state index contributed by atoms with van der Waals surface area (Å²) in [6.45, 7) is 2.01. The van der Waals surface area contributed by atoms with Crippen molar-refractivity contribution >= 4 is 11.8 Å². The standard InChI is InChI=1S/C13H21NO3/c1-2-3-4-5-6-10(11(15)9-14)13(7-8-13)12(16)17/h5-6,10H,2-4,7-9,14H2,1H3,(H,16,17). The first-order valence-electron chi connectivity index (χ1n) is 6.21. The summed E-state index contributed by atoms with van der Waals surface area (Å²) >= 11 is 0. The first-order valence-corrected chi connectivity index (χ1v) is 6.21. The Bertz CT molecular complexity index is 319. The summed E-state index contributed by atoms with van der Waals surface area (Å²) in [6, 6.07) is 0. The van der Waals surface area contributed by atoms with Gasteiger partial charge in [-0.3, -0.25) is 9.59 Å². The predicted octanol–water partition coefficient (Wildman–Crippen LogP) is 1.74. The second-order valence-electron chi connectivity index (χ2n) is 4.68. The number of rotatable bonds is 8. The third-order valence-corrected chi connectivity index (χ3v) is 3.41. The molecule has 0 heterocycles. The highest BCUT2D eigenvalue weighted by Crippen LogP contribution is 2.53. The summed E-state index contributed by atoms with van der Waals surface area (Å²) in [4.78, 5) is 22.9. The Hall–Kier alpha value is -1.16. The van der Waals surface area contributed by atoms with Gasteiger partial charge in [-0.05, 0) is 19.3 Å². The number of carboxylic acids is 1. The number of carbonyl (C=O) groups excluding carboxylic acids is 1. The minimum absolute atomic E-state index is 0.0855. The first kappa shape index (κ1) is 13.9. The number of unbranched alkanes of at least 4 members (excludes halogenated alkanes) is 2. The Morgan fingerprint density at radius 1 is 1.47 bits per heavy atom. The molecule has 3 N–H and O–H groups in total. The smallest absolute Gasteiger partial charge is 0.310 e. The number of ketones is 1. The Balaban J connectivity index is 2.72. The van der Waals surface area contributed by atoms with Crippen LogP contribution in [0, 0.1) is 11.3 Å². The zero-order valence-electron chi connectivity index (χ0n) is 10.3. The van der Waals surface area contributed by atoms with Gasteiger partial charge in [-0.15, -0.1) is 0 Å². The van der Waals surface area contributed by atoms with Crippen LogP contribution in [0.4, 0.5) is 0 Å². The number of Topliss-reactive ketones (excluding diaryl/α,β-unsaturated/α-hetero) is 1. The average Bonchev–Trinajstić information content (AvgIpc) is 3.09. The summed E-state index contributed by atoms with van der Waals surface area (Å²) in [5, 5.41) is 9.19. The lowest BCUT2D eigenvalue weighted by Crippen LogP contribution is -2.34. The lowest BCUT2D eigenvalue weighted by molar-refractivity contribution is -0.147. The summed E-state index contributed by atoms with van der Waals surface area (Å²) in [7, 11) is 0. The molecule has 1 aliphatic carbocycles. The number of allylic oxidation sites excluding steroid dienone is 2. The fraction of sp³-hybridized carbons (Fsp3) is 0.692. The van der Waals surface area contributed by atoms with Gasteiger partial charge < -0.3 is 10.8 Å². The van der Waals surface area contributed by atoms with E-state index in [0.29, 0.717) is 12.8 Å². The molecule has 1 aliphatic rings. The molecular weight excluding hydrogens is 218 g/mol. The molecule has 4 heteroatoms. The Morgan fingerprint density at radius 2 is 2.12 bits per heavy atom. The number of hydrogen-bond acceptors (Lipinski definition) is 3. The first-order chi connectivity index (χ1) is 8.08. The van der Waals surface area contributed by atoms with Gasteiger partial charge >= 0.3 is 5.97 Å². The molecule has 0 spiro atoms. The van der Waals surface area contributed by atoms with E-state index in [1.165, 1.54) is 0 Å². The minimum Gasteiger partial charge on any atom is -0.481 e. The summed E-state index contributed by atoms with van der Waals surface area (Å²) in [6.07, 6.45) is 7.87. The molecule has 1 atom stereocenters. The van der Waals surface area contributed by atoms with Gasteiger partial charge in [-0.2, -0.15) is 0 Å². The van der Waals surface area contributed by atoms with E-state index < -0.39 is 17.3 Å². The maximum atomic E-state index is 11.7. The number of carbonyl (C=O) groups is 2. The molecule has 1 fully saturated rings. The number of nitrogens with two attached hydrogens (primary N) is 1. The van der Waals surface area contributed by atoms with Crippen molar-refractivity contribution in [3.05, 3.63) is 12.2 Å². The highest BCUT2D eigenvalue weighted by Gasteiger charge is 2.57. The molecule has 0 saturated heterocycles. The Labute approximate surface area is 102 Å². The lowest BCUT2D eigenvalue weighted by atomic mass is 9.85. The van der Waals surface area contributed by atoms with Gasteiger partial charge in [0.15, 0.2) is 5.78 Å². The SMILES string of the molecule is CCCCC=CC(C(=O)CN)C1(C(=O)O)CC1. The molecule has 0 aromatic rings. The number of carboxylic acid groups (broad SMARTS) is 1. The monoisotopic (exact) mass is 239 g/mol. The summed E-state index contributed by atoms with van der Waals surface area (Å²) in [5.41, 5.74) is 4.49. The van der Waals surface area contributed by atoms with Crippen LogP contribution >= 0.6 is 0 Å². The van der Waals surface area contributed by atoms with Crippen molar-refractivity contribution < 1.29 is 14.7 Å². The largest absolute Gasteiger partial charge is 0.481 e. The molecule has 1 unspecified atom stereocenters. The second-order valence-corrected chi connectivity index (χ2v) is 4.68. The van der Waals surface area contributed by atoms with E-state index in [9.17, 15) is 14.7 Å². The topological polar surface area (TPSA) is 80.4 Å². The van der Waals surface area contributed by atoms with Gasteiger partial charge in [0.2, 0.25) is 0 Å². The van der Waals surface area contributed by atoms with Crippen molar-refractivity contribution in [1.29, 1.82) is 0 Å². The fourth-order valence-electron chi connectivity index (χ4n) is 2.07. The Morgan fingerprint density at radius 3 is 2.53 bits per heavy atom. The summed E-state index contributed by atoms with van der Waals surface area (Å²) < 4.78 is 0. The zero-order valence-corrected chi connectivity index (χ0v) is 10.3. The summed E-state index contributed by atoms with van der Waals surface area (Å²) in [5.74, 6) is -1.58. The lowest BCUT2D eigenvalue weighted by Gasteiger charge is -2.18. The van der Waals surface area contributed by atoms with Crippen LogP contribution in [-0.4, -0.2) is 23.4 Å². The highest BCUT2D eigenvalue weighted by molar-refractivity contribution is 5.92. The van der Waals surface area contributed by atoms with E-state index >= 15 is 0 Å². The van der Waals surface area contributed by atoms with Gasteiger partial charge in [0.1, 0.15) is 0 Å². The molecule has 0 amide bonds. The van der Waals surface area contributed by atoms with Gasteiger partial charge in [0.05, 0.1) is 17.9 Å². The quantitative estimate of drug-likeness (QED) is 0.499. The highest BCUT2D eigenvalue weighted by atomic mass is 16.4. The van der Waals surface area contributed by atoms with Gasteiger partial charge in [0, 0.05) is 0 Å². The maximum absolute atomic E-state index is 11.7. The maximum Gasteiger partial charge on any atom is 0.310 e. The average molecular weight is 239 g/mol. The van der Waals surface area contributed by atoms with E-state index in [1.807, 2.05) is 6.08 Å². The predicted molar refractivity (Wildman–Crippen MR) is 65.5 cm³/mol. The minimum atomic E-state index is -0.871. The third-order valence-electron chi connectivity index (χ3n) is 3.41. The fourth-order valence-corrected chi connectivity index (χ4v) is 2.07. The van der Waals surface area contributed by atoms with E-state index in [1.54, 1.807) is 6.08 Å². The third kappa shape index (κ3) is 3.16. The molecule has 1 rings (SSSR count). The van der Waals surface area contributed by atoms with Gasteiger partial charge in [0.25, 0.3) is 0 Å². The van der Waals surface area contributed by atoms with Crippen LogP contribution in [0.15, 0.2) is 12.2 Å². The molecule has 17 heavy (non-hydrogen) atoms. The van der Waals surface area contributed by atoms with Crippen molar-refractivity contribution in [2.45, 2.75) is 39.0 Å². The normalized spacial score (nSPS) is 19.2. The van der Waals surface area contributed by atoms with Crippen molar-refractivity contribution in [2.24, 2.45) is 17.1 Å². The van der Waals surface area contributed by atoms with E-state index in [4.69, 9.17) is 5.73 Å². The Kier molecular flexibility index (Phi) is 4.87. The molecule has 4 nitrogen and oxygen atoms in total. The molecule has 0 aromatic carbocycles. The van der Waals surface area contributed by atoms with Crippen LogP contribution in [0.25, 0.3) is 0 Å². The van der Waals surface area contributed by atoms with Crippen molar-refractivity contribution in [3.63, 3.8) is 0 Å². The molecule has 0 radical (unpaired) electrons. The molecule has 0 bridgehead atoms. The van der Waals surface area contributed by atoms with Crippen molar-refractivity contribution in [2.75, 3.05) is 6.54 Å². The number of hydrogen-bond donors (Lipinski definition) is 2. The molecule has 0 aromatic heterocycles. The van der Waals surface area contributed by atoms with Crippen LogP contribution in [0.3, 0.4) is 0 Å². The van der Waals surface area contributed by atoms with Crippen LogP contribution in [0.1, 0.15) is 39.0 Å². The van der Waals surface area contributed by atoms with Crippen molar-refractivity contribution in [1.82, 2.24) is 0 Å². The van der Waals surface area contributed by atoms with Crippen molar-refractivity contribution in [3.8, 4) is 0 Å². The molecular formula is C13H21NO3. The van der Waals surface area contributed by atoms with Gasteiger partial charge in [-0.25, -0.2) is 0 Å². The second kappa shape index (κ2) is 5.96. The van der Waals surface area contributed by atoms with Crippen LogP contribution < -0.4 is 5.73 Å². The molecule has 96 valence electrons.